The molecule has 2 unspecified atom stereocenters. The van der Waals surface area contributed by atoms with Gasteiger partial charge >= 0.3 is 0 Å². The Labute approximate surface area is 126 Å². The van der Waals surface area contributed by atoms with Crippen molar-refractivity contribution < 1.29 is 14.3 Å². The normalized spacial score (nSPS) is 27.1. The average Bonchev–Trinajstić information content (AvgIpc) is 2.71. The van der Waals surface area contributed by atoms with Crippen LogP contribution in [0.4, 0.5) is 0 Å². The minimum absolute atomic E-state index is 0. The number of carbonyl (C=O) groups is 2. The lowest BCUT2D eigenvalue weighted by atomic mass is 10.1. The summed E-state index contributed by atoms with van der Waals surface area (Å²) in [5.41, 5.74) is -0.192. The molecule has 2 N–H and O–H groups in total. The highest BCUT2D eigenvalue weighted by atomic mass is 35.5. The fraction of sp³-hybridized carbons (Fsp3) is 0.846. The Kier molecular flexibility index (Phi) is 5.79. The van der Waals surface area contributed by atoms with E-state index in [1.165, 1.54) is 0 Å². The molecule has 7 heteroatoms. The summed E-state index contributed by atoms with van der Waals surface area (Å²) >= 11 is 0. The number of halogens is 1. The fourth-order valence-electron chi connectivity index (χ4n) is 2.49. The van der Waals surface area contributed by atoms with Crippen LogP contribution in [0.3, 0.4) is 0 Å². The highest BCUT2D eigenvalue weighted by Gasteiger charge is 2.37. The van der Waals surface area contributed by atoms with Crippen molar-refractivity contribution in [3.8, 4) is 0 Å². The summed E-state index contributed by atoms with van der Waals surface area (Å²) in [6.07, 6.45) is 0.386. The molecule has 0 radical (unpaired) electrons. The van der Waals surface area contributed by atoms with E-state index in [-0.39, 0.29) is 41.8 Å². The van der Waals surface area contributed by atoms with Crippen LogP contribution < -0.4 is 10.6 Å². The second kappa shape index (κ2) is 6.74. The lowest BCUT2D eigenvalue weighted by Gasteiger charge is -2.32. The van der Waals surface area contributed by atoms with E-state index in [0.29, 0.717) is 32.7 Å². The number of ether oxygens (including phenoxy) is 1. The number of hydrogen-bond acceptors (Lipinski definition) is 4. The molecule has 2 heterocycles. The van der Waals surface area contributed by atoms with Gasteiger partial charge in [-0.3, -0.25) is 9.59 Å². The minimum atomic E-state index is -0.299. The van der Waals surface area contributed by atoms with Gasteiger partial charge in [0.05, 0.1) is 19.3 Å². The Morgan fingerprint density at radius 2 is 2.15 bits per heavy atom. The first-order chi connectivity index (χ1) is 8.88. The molecule has 2 aliphatic heterocycles. The van der Waals surface area contributed by atoms with E-state index < -0.39 is 0 Å². The van der Waals surface area contributed by atoms with E-state index in [4.69, 9.17) is 4.74 Å². The third kappa shape index (κ3) is 4.07. The summed E-state index contributed by atoms with van der Waals surface area (Å²) < 4.78 is 5.26. The SMILES string of the molecule is CC(C)(C)N1CC(NC(=O)C2COCCN2)CC1=O.Cl. The van der Waals surface area contributed by atoms with Gasteiger partial charge in [-0.25, -0.2) is 0 Å². The van der Waals surface area contributed by atoms with Crippen molar-refractivity contribution in [2.24, 2.45) is 0 Å². The quantitative estimate of drug-likeness (QED) is 0.748. The van der Waals surface area contributed by atoms with Gasteiger partial charge in [-0.2, -0.15) is 0 Å². The molecule has 2 aliphatic rings. The molecule has 2 fully saturated rings. The Bertz CT molecular complexity index is 364. The van der Waals surface area contributed by atoms with Gasteiger partial charge in [-0.15, -0.1) is 12.4 Å². The molecule has 116 valence electrons. The van der Waals surface area contributed by atoms with Gasteiger partial charge in [0.2, 0.25) is 11.8 Å². The zero-order valence-corrected chi connectivity index (χ0v) is 13.1. The van der Waals surface area contributed by atoms with Crippen LogP contribution in [0.5, 0.6) is 0 Å². The van der Waals surface area contributed by atoms with Crippen LogP contribution >= 0.6 is 12.4 Å². The summed E-state index contributed by atoms with van der Waals surface area (Å²) in [6.45, 7) is 8.33. The number of morpholine rings is 1. The summed E-state index contributed by atoms with van der Waals surface area (Å²) in [4.78, 5) is 25.8. The van der Waals surface area contributed by atoms with Gasteiger partial charge in [0.25, 0.3) is 0 Å². The van der Waals surface area contributed by atoms with E-state index in [1.54, 1.807) is 0 Å². The van der Waals surface area contributed by atoms with E-state index in [2.05, 4.69) is 10.6 Å². The molecule has 0 spiro atoms. The molecule has 0 saturated carbocycles. The third-order valence-electron chi connectivity index (χ3n) is 3.52. The summed E-state index contributed by atoms with van der Waals surface area (Å²) in [6, 6.07) is -0.393. The van der Waals surface area contributed by atoms with Crippen LogP contribution in [0.25, 0.3) is 0 Å². The van der Waals surface area contributed by atoms with Crippen molar-refractivity contribution in [3.63, 3.8) is 0 Å². The summed E-state index contributed by atoms with van der Waals surface area (Å²) in [7, 11) is 0. The van der Waals surface area contributed by atoms with Crippen molar-refractivity contribution in [1.29, 1.82) is 0 Å². The Morgan fingerprint density at radius 3 is 2.65 bits per heavy atom. The standard InChI is InChI=1S/C13H23N3O3.ClH/c1-13(2,3)16-7-9(6-11(16)17)15-12(18)10-8-19-5-4-14-10;/h9-10,14H,4-8H2,1-3H3,(H,15,18);1H. The number of carbonyl (C=O) groups excluding carboxylic acids is 2. The lowest BCUT2D eigenvalue weighted by Crippen LogP contribution is -2.54. The molecule has 0 aromatic rings. The van der Waals surface area contributed by atoms with Crippen LogP contribution in [-0.4, -0.2) is 60.6 Å². The molecule has 0 bridgehead atoms. The van der Waals surface area contributed by atoms with Gasteiger partial charge < -0.3 is 20.3 Å². The highest BCUT2D eigenvalue weighted by molar-refractivity contribution is 5.85. The van der Waals surface area contributed by atoms with Gasteiger partial charge in [0.1, 0.15) is 6.04 Å². The molecule has 0 aromatic carbocycles. The van der Waals surface area contributed by atoms with E-state index in [0.717, 1.165) is 0 Å². The van der Waals surface area contributed by atoms with Crippen molar-refractivity contribution in [2.45, 2.75) is 44.8 Å². The van der Waals surface area contributed by atoms with Crippen LogP contribution in [0.2, 0.25) is 0 Å². The van der Waals surface area contributed by atoms with Crippen LogP contribution in [0.15, 0.2) is 0 Å². The van der Waals surface area contributed by atoms with Crippen molar-refractivity contribution in [3.05, 3.63) is 0 Å². The van der Waals surface area contributed by atoms with Crippen LogP contribution in [-0.2, 0) is 14.3 Å². The van der Waals surface area contributed by atoms with Gasteiger partial charge in [-0.05, 0) is 20.8 Å². The van der Waals surface area contributed by atoms with Crippen molar-refractivity contribution in [2.75, 3.05) is 26.3 Å². The lowest BCUT2D eigenvalue weighted by molar-refractivity contribution is -0.131. The maximum absolute atomic E-state index is 12.0. The molecule has 6 nitrogen and oxygen atoms in total. The largest absolute Gasteiger partial charge is 0.378 e. The molecule has 0 aliphatic carbocycles. The smallest absolute Gasteiger partial charge is 0.239 e. The molecule has 2 atom stereocenters. The molecular weight excluding hydrogens is 282 g/mol. The molecule has 2 rings (SSSR count). The van der Waals surface area contributed by atoms with E-state index >= 15 is 0 Å². The van der Waals surface area contributed by atoms with Gasteiger partial charge in [0, 0.05) is 25.0 Å². The monoisotopic (exact) mass is 305 g/mol. The van der Waals surface area contributed by atoms with E-state index in [1.807, 2.05) is 25.7 Å². The van der Waals surface area contributed by atoms with Crippen LogP contribution in [0, 0.1) is 0 Å². The number of amides is 2. The molecule has 20 heavy (non-hydrogen) atoms. The second-order valence-corrected chi connectivity index (χ2v) is 6.17. The first kappa shape index (κ1) is 17.2. The zero-order valence-electron chi connectivity index (χ0n) is 12.3. The number of likely N-dealkylation sites (tertiary alicyclic amines) is 1. The zero-order chi connectivity index (χ0) is 14.0. The first-order valence-electron chi connectivity index (χ1n) is 6.80. The Hall–Kier alpha value is -0.850. The number of nitrogens with one attached hydrogen (secondary N) is 2. The topological polar surface area (TPSA) is 70.7 Å². The summed E-state index contributed by atoms with van der Waals surface area (Å²) in [5, 5.41) is 6.05. The van der Waals surface area contributed by atoms with Gasteiger partial charge in [0.15, 0.2) is 0 Å². The predicted octanol–water partition coefficient (Wildman–Crippen LogP) is -0.0878. The Balaban J connectivity index is 0.00000200. The molecule has 2 amide bonds. The van der Waals surface area contributed by atoms with Crippen molar-refractivity contribution >= 4 is 24.2 Å². The minimum Gasteiger partial charge on any atom is -0.378 e. The Morgan fingerprint density at radius 1 is 1.45 bits per heavy atom. The predicted molar refractivity (Wildman–Crippen MR) is 77.9 cm³/mol. The van der Waals surface area contributed by atoms with Gasteiger partial charge in [-0.1, -0.05) is 0 Å². The number of rotatable bonds is 2. The maximum Gasteiger partial charge on any atom is 0.239 e. The molecule has 0 aromatic heterocycles. The maximum atomic E-state index is 12.0. The molecule has 2 saturated heterocycles. The number of nitrogens with zero attached hydrogens (tertiary/aromatic N) is 1. The van der Waals surface area contributed by atoms with Crippen molar-refractivity contribution in [1.82, 2.24) is 15.5 Å². The average molecular weight is 306 g/mol. The van der Waals surface area contributed by atoms with Crippen LogP contribution in [0.1, 0.15) is 27.2 Å². The number of hydrogen-bond donors (Lipinski definition) is 2. The third-order valence-corrected chi connectivity index (χ3v) is 3.52. The molecular formula is C13H24ClN3O3. The first-order valence-corrected chi connectivity index (χ1v) is 6.80. The van der Waals surface area contributed by atoms with E-state index in [9.17, 15) is 9.59 Å². The highest BCUT2D eigenvalue weighted by Crippen LogP contribution is 2.21. The summed E-state index contributed by atoms with van der Waals surface area (Å²) in [5.74, 6) is 0.0268. The fourth-order valence-corrected chi connectivity index (χ4v) is 2.49. The second-order valence-electron chi connectivity index (χ2n) is 6.17.